The van der Waals surface area contributed by atoms with Gasteiger partial charge in [-0.05, 0) is 50.5 Å². The predicted octanol–water partition coefficient (Wildman–Crippen LogP) is 3.92. The summed E-state index contributed by atoms with van der Waals surface area (Å²) in [5.41, 5.74) is 3.04. The minimum Gasteiger partial charge on any atom is -0.468 e. The summed E-state index contributed by atoms with van der Waals surface area (Å²) in [7, 11) is 3.92. The zero-order valence-electron chi connectivity index (χ0n) is 16.4. The van der Waals surface area contributed by atoms with Gasteiger partial charge in [0.1, 0.15) is 5.76 Å². The first-order chi connectivity index (χ1) is 14.1. The Hall–Kier alpha value is -3.51. The van der Waals surface area contributed by atoms with Crippen LogP contribution in [-0.2, 0) is 0 Å². The van der Waals surface area contributed by atoms with E-state index in [2.05, 4.69) is 10.3 Å². The lowest BCUT2D eigenvalue weighted by atomic mass is 10.0. The van der Waals surface area contributed by atoms with Crippen LogP contribution in [-0.4, -0.2) is 41.4 Å². The SMILES string of the molecule is CN(C)[C@@H](CNC(=O)c1cc(-c2ccncc2)nc2ccccc12)c1ccco1. The average Bonchev–Trinajstić information content (AvgIpc) is 3.28. The number of rotatable bonds is 6. The smallest absolute Gasteiger partial charge is 0.252 e. The molecule has 0 radical (unpaired) electrons. The molecule has 6 nitrogen and oxygen atoms in total. The molecule has 0 bridgehead atoms. The second-order valence-corrected chi connectivity index (χ2v) is 7.01. The van der Waals surface area contributed by atoms with Gasteiger partial charge in [0.15, 0.2) is 0 Å². The fraction of sp³-hybridized carbons (Fsp3) is 0.174. The van der Waals surface area contributed by atoms with Gasteiger partial charge in [0, 0.05) is 29.9 Å². The molecule has 1 amide bonds. The number of likely N-dealkylation sites (N-methyl/N-ethyl adjacent to an activating group) is 1. The maximum Gasteiger partial charge on any atom is 0.252 e. The number of pyridine rings is 2. The summed E-state index contributed by atoms with van der Waals surface area (Å²) in [5.74, 6) is 0.671. The average molecular weight is 386 g/mol. The maximum atomic E-state index is 13.1. The van der Waals surface area contributed by atoms with Crippen molar-refractivity contribution in [2.45, 2.75) is 6.04 Å². The first-order valence-corrected chi connectivity index (χ1v) is 9.41. The maximum absolute atomic E-state index is 13.1. The number of carbonyl (C=O) groups excluding carboxylic acids is 1. The molecule has 0 saturated carbocycles. The number of benzene rings is 1. The van der Waals surface area contributed by atoms with Gasteiger partial charge < -0.3 is 9.73 Å². The fourth-order valence-electron chi connectivity index (χ4n) is 3.34. The molecule has 1 atom stereocenters. The second-order valence-electron chi connectivity index (χ2n) is 7.01. The minimum atomic E-state index is -0.141. The number of furan rings is 1. The second kappa shape index (κ2) is 8.24. The molecule has 0 fully saturated rings. The Kier molecular flexibility index (Phi) is 5.35. The van der Waals surface area contributed by atoms with Crippen LogP contribution in [0.15, 0.2) is 77.7 Å². The number of hydrogen-bond donors (Lipinski definition) is 1. The van der Waals surface area contributed by atoms with Crippen molar-refractivity contribution in [1.29, 1.82) is 0 Å². The zero-order chi connectivity index (χ0) is 20.2. The number of fused-ring (bicyclic) bond motifs is 1. The molecule has 0 unspecified atom stereocenters. The van der Waals surface area contributed by atoms with Gasteiger partial charge in [-0.15, -0.1) is 0 Å². The van der Waals surface area contributed by atoms with E-state index in [0.717, 1.165) is 27.9 Å². The lowest BCUT2D eigenvalue weighted by Gasteiger charge is -2.22. The van der Waals surface area contributed by atoms with Crippen molar-refractivity contribution in [2.24, 2.45) is 0 Å². The van der Waals surface area contributed by atoms with Crippen LogP contribution in [0.5, 0.6) is 0 Å². The van der Waals surface area contributed by atoms with Gasteiger partial charge in [-0.25, -0.2) is 4.98 Å². The number of nitrogens with one attached hydrogen (secondary N) is 1. The van der Waals surface area contributed by atoms with E-state index in [1.54, 1.807) is 18.7 Å². The van der Waals surface area contributed by atoms with Gasteiger partial charge >= 0.3 is 0 Å². The Morgan fingerprint density at radius 2 is 1.90 bits per heavy atom. The lowest BCUT2D eigenvalue weighted by Crippen LogP contribution is -2.34. The first-order valence-electron chi connectivity index (χ1n) is 9.41. The molecule has 0 spiro atoms. The molecule has 3 aromatic heterocycles. The van der Waals surface area contributed by atoms with Crippen LogP contribution in [0, 0.1) is 0 Å². The molecule has 0 saturated heterocycles. The number of hydrogen-bond acceptors (Lipinski definition) is 5. The Morgan fingerprint density at radius 1 is 1.10 bits per heavy atom. The van der Waals surface area contributed by atoms with Gasteiger partial charge in [0.2, 0.25) is 0 Å². The minimum absolute atomic E-state index is 0.0540. The molecule has 29 heavy (non-hydrogen) atoms. The third-order valence-corrected chi connectivity index (χ3v) is 4.89. The van der Waals surface area contributed by atoms with E-state index in [1.807, 2.05) is 73.6 Å². The monoisotopic (exact) mass is 386 g/mol. The normalized spacial score (nSPS) is 12.2. The zero-order valence-corrected chi connectivity index (χ0v) is 16.4. The van der Waals surface area contributed by atoms with Crippen molar-refractivity contribution < 1.29 is 9.21 Å². The highest BCUT2D eigenvalue weighted by molar-refractivity contribution is 6.07. The number of nitrogens with zero attached hydrogens (tertiary/aromatic N) is 3. The first kappa shape index (κ1) is 18.8. The van der Waals surface area contributed by atoms with Crippen molar-refractivity contribution in [3.8, 4) is 11.3 Å². The molecular weight excluding hydrogens is 364 g/mol. The number of aromatic nitrogens is 2. The standard InChI is InChI=1S/C23H22N4O2/c1-27(2)21(22-8-5-13-29-22)15-25-23(28)18-14-20(16-9-11-24-12-10-16)26-19-7-4-3-6-17(18)19/h3-14,21H,15H2,1-2H3,(H,25,28)/t21-/m0/s1. The van der Waals surface area contributed by atoms with Gasteiger partial charge in [-0.1, -0.05) is 18.2 Å². The van der Waals surface area contributed by atoms with Crippen molar-refractivity contribution in [3.05, 3.63) is 84.6 Å². The van der Waals surface area contributed by atoms with Crippen molar-refractivity contribution in [3.63, 3.8) is 0 Å². The highest BCUT2D eigenvalue weighted by atomic mass is 16.3. The highest BCUT2D eigenvalue weighted by Gasteiger charge is 2.20. The van der Waals surface area contributed by atoms with Crippen LogP contribution < -0.4 is 5.32 Å². The third-order valence-electron chi connectivity index (χ3n) is 4.89. The summed E-state index contributed by atoms with van der Waals surface area (Å²) < 4.78 is 5.53. The summed E-state index contributed by atoms with van der Waals surface area (Å²) in [6.45, 7) is 0.431. The van der Waals surface area contributed by atoms with Crippen LogP contribution in [0.25, 0.3) is 22.2 Å². The van der Waals surface area contributed by atoms with E-state index < -0.39 is 0 Å². The van der Waals surface area contributed by atoms with Gasteiger partial charge in [-0.2, -0.15) is 0 Å². The van der Waals surface area contributed by atoms with Crippen LogP contribution in [0.2, 0.25) is 0 Å². The summed E-state index contributed by atoms with van der Waals surface area (Å²) in [6.07, 6.45) is 5.08. The van der Waals surface area contributed by atoms with Gasteiger partial charge in [-0.3, -0.25) is 14.7 Å². The summed E-state index contributed by atoms with van der Waals surface area (Å²) >= 11 is 0. The van der Waals surface area contributed by atoms with Crippen LogP contribution in [0.1, 0.15) is 22.2 Å². The molecule has 146 valence electrons. The summed E-state index contributed by atoms with van der Waals surface area (Å²) in [5, 5.41) is 3.88. The molecule has 0 aliphatic heterocycles. The summed E-state index contributed by atoms with van der Waals surface area (Å²) in [4.78, 5) is 23.9. The third kappa shape index (κ3) is 4.02. The lowest BCUT2D eigenvalue weighted by molar-refractivity contribution is 0.0940. The van der Waals surface area contributed by atoms with E-state index in [-0.39, 0.29) is 11.9 Å². The molecule has 0 aliphatic rings. The molecule has 0 aliphatic carbocycles. The molecule has 1 N–H and O–H groups in total. The van der Waals surface area contributed by atoms with Crippen LogP contribution in [0.4, 0.5) is 0 Å². The van der Waals surface area contributed by atoms with Crippen molar-refractivity contribution in [1.82, 2.24) is 20.2 Å². The Bertz CT molecular complexity index is 1110. The molecule has 4 aromatic rings. The molecule has 6 heteroatoms. The van der Waals surface area contributed by atoms with Gasteiger partial charge in [0.25, 0.3) is 5.91 Å². The predicted molar refractivity (Wildman–Crippen MR) is 112 cm³/mol. The van der Waals surface area contributed by atoms with E-state index in [4.69, 9.17) is 9.40 Å². The Labute approximate surface area is 169 Å². The Morgan fingerprint density at radius 3 is 2.62 bits per heavy atom. The van der Waals surface area contributed by atoms with Crippen molar-refractivity contribution >= 4 is 16.8 Å². The molecule has 3 heterocycles. The fourth-order valence-corrected chi connectivity index (χ4v) is 3.34. The topological polar surface area (TPSA) is 71.3 Å². The van der Waals surface area contributed by atoms with E-state index in [0.29, 0.717) is 12.1 Å². The summed E-state index contributed by atoms with van der Waals surface area (Å²) in [6, 6.07) is 17.0. The van der Waals surface area contributed by atoms with Crippen molar-refractivity contribution in [2.75, 3.05) is 20.6 Å². The molecular formula is C23H22N4O2. The van der Waals surface area contributed by atoms with Crippen LogP contribution >= 0.6 is 0 Å². The number of amides is 1. The van der Waals surface area contributed by atoms with Gasteiger partial charge in [0.05, 0.1) is 29.1 Å². The van der Waals surface area contributed by atoms with E-state index >= 15 is 0 Å². The molecule has 1 aromatic carbocycles. The molecule has 4 rings (SSSR count). The van der Waals surface area contributed by atoms with E-state index in [1.165, 1.54) is 0 Å². The largest absolute Gasteiger partial charge is 0.468 e. The quantitative estimate of drug-likeness (QED) is 0.544. The highest BCUT2D eigenvalue weighted by Crippen LogP contribution is 2.25. The van der Waals surface area contributed by atoms with E-state index in [9.17, 15) is 4.79 Å². The number of carbonyl (C=O) groups is 1. The van der Waals surface area contributed by atoms with Crippen LogP contribution in [0.3, 0.4) is 0 Å². The Balaban J connectivity index is 1.66. The number of para-hydroxylation sites is 1.